The molecule has 0 aliphatic carbocycles. The Kier molecular flexibility index (Phi) is 7.19. The number of carboxylic acids is 2. The van der Waals surface area contributed by atoms with Gasteiger partial charge in [-0.2, -0.15) is 0 Å². The van der Waals surface area contributed by atoms with Crippen LogP contribution in [-0.4, -0.2) is 22.2 Å². The van der Waals surface area contributed by atoms with Crippen molar-refractivity contribution >= 4 is 11.9 Å². The third kappa shape index (κ3) is 3.87. The second-order valence-corrected chi connectivity index (χ2v) is 1.64. The third-order valence-corrected chi connectivity index (χ3v) is 1.00. The maximum absolute atomic E-state index is 9.99. The summed E-state index contributed by atoms with van der Waals surface area (Å²) in [6.07, 6.45) is 0.130. The van der Waals surface area contributed by atoms with Gasteiger partial charge in [-0.3, -0.25) is 9.59 Å². The summed E-state index contributed by atoms with van der Waals surface area (Å²) in [5.41, 5.74) is 0. The Morgan fingerprint density at radius 2 is 1.70 bits per heavy atom. The third-order valence-electron chi connectivity index (χ3n) is 1.00. The summed E-state index contributed by atoms with van der Waals surface area (Å²) in [6, 6.07) is 0. The molecule has 0 aromatic carbocycles. The van der Waals surface area contributed by atoms with Crippen LogP contribution in [0.1, 0.15) is 14.8 Å². The van der Waals surface area contributed by atoms with E-state index < -0.39 is 17.9 Å². The van der Waals surface area contributed by atoms with Gasteiger partial charge in [0, 0.05) is 0 Å². The second kappa shape index (κ2) is 5.70. The number of carboxylic acid groups (broad SMARTS) is 2. The average Bonchev–Trinajstić information content (AvgIpc) is 1.64. The molecule has 0 heterocycles. The Morgan fingerprint density at radius 1 is 1.40 bits per heavy atom. The Bertz CT molecular complexity index is 124. The molecular weight excluding hydrogens is 147 g/mol. The van der Waals surface area contributed by atoms with Crippen molar-refractivity contribution in [3.63, 3.8) is 0 Å². The monoisotopic (exact) mass is 156 g/mol. The predicted molar refractivity (Wildman–Crippen MR) is 30.2 cm³/mol. The zero-order valence-electron chi connectivity index (χ0n) is 7.00. The summed E-state index contributed by atoms with van der Waals surface area (Å²) < 4.78 is 0. The van der Waals surface area contributed by atoms with Crippen molar-refractivity contribution < 1.29 is 50.8 Å². The van der Waals surface area contributed by atoms with E-state index in [0.29, 0.717) is 0 Å². The first-order valence-corrected chi connectivity index (χ1v) is 2.55. The van der Waals surface area contributed by atoms with E-state index in [0.717, 1.165) is 0 Å². The van der Waals surface area contributed by atoms with Crippen LogP contribution in [0.2, 0.25) is 0 Å². The summed E-state index contributed by atoms with van der Waals surface area (Å²) in [4.78, 5) is 20.0. The molecule has 2 N–H and O–H groups in total. The van der Waals surface area contributed by atoms with Crippen LogP contribution in [0.3, 0.4) is 0 Å². The van der Waals surface area contributed by atoms with Crippen molar-refractivity contribution in [3.8, 4) is 0 Å². The van der Waals surface area contributed by atoms with Gasteiger partial charge in [-0.05, 0) is 6.42 Å². The molecule has 0 amide bonds. The van der Waals surface area contributed by atoms with Crippen molar-refractivity contribution in [2.45, 2.75) is 13.3 Å². The van der Waals surface area contributed by atoms with Crippen LogP contribution in [0, 0.1) is 5.92 Å². The fourth-order valence-corrected chi connectivity index (χ4v) is 0.455. The van der Waals surface area contributed by atoms with E-state index in [4.69, 9.17) is 10.2 Å². The summed E-state index contributed by atoms with van der Waals surface area (Å²) in [5, 5.41) is 16.3. The van der Waals surface area contributed by atoms with E-state index in [2.05, 4.69) is 0 Å². The van der Waals surface area contributed by atoms with Gasteiger partial charge in [-0.25, -0.2) is 0 Å². The maximum Gasteiger partial charge on any atom is 1.00 e. The molecule has 0 aliphatic rings. The van der Waals surface area contributed by atoms with Gasteiger partial charge < -0.3 is 11.6 Å². The van der Waals surface area contributed by atoms with Gasteiger partial charge in [0.15, 0.2) is 5.92 Å². The molecule has 0 saturated heterocycles. The Morgan fingerprint density at radius 3 is 1.70 bits per heavy atom. The molecule has 0 aromatic rings. The molecule has 0 unspecified atom stereocenters. The van der Waals surface area contributed by atoms with Crippen LogP contribution < -0.4 is 29.6 Å². The van der Waals surface area contributed by atoms with Crippen molar-refractivity contribution in [3.05, 3.63) is 0 Å². The topological polar surface area (TPSA) is 74.6 Å². The molecule has 0 atom stereocenters. The molecule has 54 valence electrons. The molecule has 0 aromatic heterocycles. The van der Waals surface area contributed by atoms with Crippen molar-refractivity contribution in [1.29, 1.82) is 0 Å². The van der Waals surface area contributed by atoms with E-state index in [-0.39, 0.29) is 37.4 Å². The number of aliphatic carboxylic acids is 2. The zero-order valence-corrected chi connectivity index (χ0v) is 8.00. The average molecular weight is 156 g/mol. The molecule has 10 heavy (non-hydrogen) atoms. The Labute approximate surface area is 82.0 Å². The Balaban J connectivity index is -0.000000320. The minimum absolute atomic E-state index is 0. The zero-order chi connectivity index (χ0) is 7.44. The van der Waals surface area contributed by atoms with Crippen molar-refractivity contribution in [1.82, 2.24) is 0 Å². The minimum Gasteiger partial charge on any atom is -1.00 e. The molecule has 5 heteroatoms. The fraction of sp³-hybridized carbons (Fsp3) is 0.600. The number of rotatable bonds is 3. The smallest absolute Gasteiger partial charge is 1.00 e. The van der Waals surface area contributed by atoms with E-state index in [9.17, 15) is 9.59 Å². The molecule has 0 spiro atoms. The molecule has 4 nitrogen and oxygen atoms in total. The van der Waals surface area contributed by atoms with Crippen LogP contribution in [0.5, 0.6) is 0 Å². The summed E-state index contributed by atoms with van der Waals surface area (Å²) in [7, 11) is 0. The standard InChI is InChI=1S/C5H8O4.Na.H/c1-2-3(4(6)7)5(8)9;;/h3H,2H2,1H3,(H,6,7)(H,8,9);;/q;+1;-1. The van der Waals surface area contributed by atoms with Gasteiger partial charge >= 0.3 is 41.5 Å². The molecule has 0 fully saturated rings. The van der Waals surface area contributed by atoms with E-state index >= 15 is 0 Å². The summed E-state index contributed by atoms with van der Waals surface area (Å²) in [5.74, 6) is -3.79. The van der Waals surface area contributed by atoms with Crippen molar-refractivity contribution in [2.75, 3.05) is 0 Å². The van der Waals surface area contributed by atoms with Gasteiger partial charge in [-0.1, -0.05) is 6.92 Å². The van der Waals surface area contributed by atoms with Crippen LogP contribution in [0.25, 0.3) is 0 Å². The second-order valence-electron chi connectivity index (χ2n) is 1.64. The SMILES string of the molecule is CCC(C(=O)O)C(=O)O.[H-].[Na+]. The number of hydrogen-bond donors (Lipinski definition) is 2. The largest absolute Gasteiger partial charge is 1.00 e. The summed E-state index contributed by atoms with van der Waals surface area (Å²) in [6.45, 7) is 1.52. The maximum atomic E-state index is 9.99. The van der Waals surface area contributed by atoms with E-state index in [1.54, 1.807) is 0 Å². The normalized spacial score (nSPS) is 8.60. The van der Waals surface area contributed by atoms with E-state index in [1.807, 2.05) is 0 Å². The molecular formula is C5H9NaO4. The fourth-order valence-electron chi connectivity index (χ4n) is 0.455. The first kappa shape index (κ1) is 12.6. The minimum atomic E-state index is -1.27. The van der Waals surface area contributed by atoms with E-state index in [1.165, 1.54) is 6.92 Å². The molecule has 0 radical (unpaired) electrons. The predicted octanol–water partition coefficient (Wildman–Crippen LogP) is -2.70. The number of carbonyl (C=O) groups is 2. The number of hydrogen-bond acceptors (Lipinski definition) is 2. The van der Waals surface area contributed by atoms with Crippen molar-refractivity contribution in [2.24, 2.45) is 5.92 Å². The van der Waals surface area contributed by atoms with Gasteiger partial charge in [0.1, 0.15) is 0 Å². The first-order valence-electron chi connectivity index (χ1n) is 2.55. The van der Waals surface area contributed by atoms with Gasteiger partial charge in [0.2, 0.25) is 0 Å². The van der Waals surface area contributed by atoms with Gasteiger partial charge in [0.25, 0.3) is 0 Å². The van der Waals surface area contributed by atoms with Crippen LogP contribution >= 0.6 is 0 Å². The molecule has 0 aliphatic heterocycles. The van der Waals surface area contributed by atoms with Crippen LogP contribution in [0.4, 0.5) is 0 Å². The Hall–Kier alpha value is -0.0600. The molecule has 0 rings (SSSR count). The van der Waals surface area contributed by atoms with Crippen LogP contribution in [0.15, 0.2) is 0 Å². The van der Waals surface area contributed by atoms with Gasteiger partial charge in [-0.15, -0.1) is 0 Å². The molecule has 0 saturated carbocycles. The quantitative estimate of drug-likeness (QED) is 0.344. The summed E-state index contributed by atoms with van der Waals surface area (Å²) >= 11 is 0. The van der Waals surface area contributed by atoms with Crippen LogP contribution in [-0.2, 0) is 9.59 Å². The van der Waals surface area contributed by atoms with Gasteiger partial charge in [0.05, 0.1) is 0 Å². The molecule has 0 bridgehead atoms. The first-order chi connectivity index (χ1) is 4.09.